The highest BCUT2D eigenvalue weighted by molar-refractivity contribution is 6.07. The lowest BCUT2D eigenvalue weighted by Gasteiger charge is -2.08. The first kappa shape index (κ1) is 17.3. The van der Waals surface area contributed by atoms with Crippen molar-refractivity contribution in [1.82, 2.24) is 0 Å². The Bertz CT molecular complexity index is 783. The number of nitrogens with zero attached hydrogens (tertiary/aromatic N) is 1. The minimum Gasteiger partial charge on any atom is -0.360 e. The Labute approximate surface area is 142 Å². The zero-order valence-electron chi connectivity index (χ0n) is 14.1. The number of rotatable bonds is 5. The van der Waals surface area contributed by atoms with E-state index < -0.39 is 5.91 Å². The topological polar surface area (TPSA) is 64.9 Å². The molecule has 0 aliphatic carbocycles. The van der Waals surface area contributed by atoms with Crippen molar-refractivity contribution in [1.29, 1.82) is 5.26 Å². The van der Waals surface area contributed by atoms with Gasteiger partial charge in [0.25, 0.3) is 5.91 Å². The lowest BCUT2D eigenvalue weighted by atomic mass is 10.0. The molecule has 4 heteroatoms. The molecule has 122 valence electrons. The largest absolute Gasteiger partial charge is 0.360 e. The third kappa shape index (κ3) is 4.47. The molecule has 0 bridgehead atoms. The normalized spacial score (nSPS) is 11.0. The number of amides is 1. The van der Waals surface area contributed by atoms with E-state index in [9.17, 15) is 10.1 Å². The zero-order valence-corrected chi connectivity index (χ0v) is 14.1. The molecule has 1 amide bonds. The van der Waals surface area contributed by atoms with Gasteiger partial charge in [-0.05, 0) is 42.2 Å². The quantitative estimate of drug-likeness (QED) is 0.626. The Balaban J connectivity index is 2.07. The van der Waals surface area contributed by atoms with Crippen molar-refractivity contribution in [2.75, 3.05) is 10.6 Å². The van der Waals surface area contributed by atoms with Crippen LogP contribution in [-0.4, -0.2) is 5.91 Å². The third-order valence-electron chi connectivity index (χ3n) is 3.72. The maximum atomic E-state index is 12.2. The van der Waals surface area contributed by atoms with E-state index in [1.165, 1.54) is 11.8 Å². The van der Waals surface area contributed by atoms with E-state index in [0.29, 0.717) is 11.6 Å². The first-order valence-electron chi connectivity index (χ1n) is 7.85. The number of carbonyl (C=O) groups is 1. The molecule has 4 nitrogen and oxygen atoms in total. The standard InChI is InChI=1S/C20H21N3O/c1-14(2)16-8-10-18(11-9-16)22-13-17(12-21)20(24)23-19-7-5-4-6-15(19)3/h4-11,13-14,22H,1-3H3,(H,23,24)/b17-13-. The van der Waals surface area contributed by atoms with E-state index in [4.69, 9.17) is 0 Å². The molecule has 0 heterocycles. The summed E-state index contributed by atoms with van der Waals surface area (Å²) >= 11 is 0. The maximum Gasteiger partial charge on any atom is 0.267 e. The van der Waals surface area contributed by atoms with Crippen LogP contribution in [0.2, 0.25) is 0 Å². The van der Waals surface area contributed by atoms with Gasteiger partial charge in [-0.3, -0.25) is 4.79 Å². The van der Waals surface area contributed by atoms with Crippen LogP contribution in [0.5, 0.6) is 0 Å². The number of benzene rings is 2. The van der Waals surface area contributed by atoms with Crippen molar-refractivity contribution in [3.8, 4) is 6.07 Å². The third-order valence-corrected chi connectivity index (χ3v) is 3.72. The average Bonchev–Trinajstić information content (AvgIpc) is 2.58. The molecule has 24 heavy (non-hydrogen) atoms. The second-order valence-corrected chi connectivity index (χ2v) is 5.86. The molecule has 2 aromatic rings. The Hall–Kier alpha value is -3.06. The lowest BCUT2D eigenvalue weighted by molar-refractivity contribution is -0.112. The van der Waals surface area contributed by atoms with Crippen molar-refractivity contribution >= 4 is 17.3 Å². The number of anilines is 2. The lowest BCUT2D eigenvalue weighted by Crippen LogP contribution is -2.15. The van der Waals surface area contributed by atoms with Gasteiger partial charge in [-0.1, -0.05) is 44.2 Å². The Morgan fingerprint density at radius 1 is 1.12 bits per heavy atom. The second-order valence-electron chi connectivity index (χ2n) is 5.86. The van der Waals surface area contributed by atoms with Crippen molar-refractivity contribution in [2.24, 2.45) is 0 Å². The van der Waals surface area contributed by atoms with E-state index >= 15 is 0 Å². The summed E-state index contributed by atoms with van der Waals surface area (Å²) < 4.78 is 0. The number of carbonyl (C=O) groups excluding carboxylic acids is 1. The Kier molecular flexibility index (Phi) is 5.75. The summed E-state index contributed by atoms with van der Waals surface area (Å²) in [5.74, 6) is 0.0299. The number of nitrogens with one attached hydrogen (secondary N) is 2. The van der Waals surface area contributed by atoms with Crippen LogP contribution in [0.25, 0.3) is 0 Å². The van der Waals surface area contributed by atoms with Crippen molar-refractivity contribution in [3.63, 3.8) is 0 Å². The van der Waals surface area contributed by atoms with Gasteiger partial charge in [0.2, 0.25) is 0 Å². The number of hydrogen-bond acceptors (Lipinski definition) is 3. The molecule has 2 rings (SSSR count). The number of hydrogen-bond donors (Lipinski definition) is 2. The molecule has 0 atom stereocenters. The summed E-state index contributed by atoms with van der Waals surface area (Å²) in [6, 6.07) is 17.3. The first-order valence-corrected chi connectivity index (χ1v) is 7.85. The van der Waals surface area contributed by atoms with E-state index in [1.54, 1.807) is 6.07 Å². The molecule has 2 N–H and O–H groups in total. The van der Waals surface area contributed by atoms with Crippen molar-refractivity contribution in [3.05, 3.63) is 71.4 Å². The van der Waals surface area contributed by atoms with Crippen LogP contribution in [-0.2, 0) is 4.79 Å². The van der Waals surface area contributed by atoms with Gasteiger partial charge in [0.15, 0.2) is 0 Å². The number of aryl methyl sites for hydroxylation is 1. The Morgan fingerprint density at radius 2 is 1.79 bits per heavy atom. The van der Waals surface area contributed by atoms with E-state index in [-0.39, 0.29) is 5.57 Å². The minimum absolute atomic E-state index is 0.0196. The zero-order chi connectivity index (χ0) is 17.5. The highest BCUT2D eigenvalue weighted by Gasteiger charge is 2.10. The second kappa shape index (κ2) is 7.98. The fourth-order valence-electron chi connectivity index (χ4n) is 2.17. The summed E-state index contributed by atoms with van der Waals surface area (Å²) in [6.07, 6.45) is 1.43. The molecule has 0 aliphatic heterocycles. The van der Waals surface area contributed by atoms with Gasteiger partial charge in [-0.25, -0.2) is 0 Å². The van der Waals surface area contributed by atoms with Crippen molar-refractivity contribution < 1.29 is 4.79 Å². The van der Waals surface area contributed by atoms with Gasteiger partial charge in [-0.2, -0.15) is 5.26 Å². The first-order chi connectivity index (χ1) is 11.5. The van der Waals surface area contributed by atoms with Gasteiger partial charge in [0, 0.05) is 17.6 Å². The molecule has 0 unspecified atom stereocenters. The molecule has 0 spiro atoms. The summed E-state index contributed by atoms with van der Waals surface area (Å²) in [5.41, 5.74) is 3.73. The molecular weight excluding hydrogens is 298 g/mol. The summed E-state index contributed by atoms with van der Waals surface area (Å²) in [7, 11) is 0. The fourth-order valence-corrected chi connectivity index (χ4v) is 2.17. The van der Waals surface area contributed by atoms with Crippen LogP contribution in [0.4, 0.5) is 11.4 Å². The molecule has 0 saturated carbocycles. The fraction of sp³-hybridized carbons (Fsp3) is 0.200. The highest BCUT2D eigenvalue weighted by Crippen LogP contribution is 2.18. The molecular formula is C20H21N3O. The molecule has 0 aliphatic rings. The maximum absolute atomic E-state index is 12.2. The molecule has 2 aromatic carbocycles. The average molecular weight is 319 g/mol. The number of nitriles is 1. The number of para-hydroxylation sites is 1. The van der Waals surface area contributed by atoms with Crippen LogP contribution in [0.1, 0.15) is 30.9 Å². The predicted octanol–water partition coefficient (Wildman–Crippen LogP) is 4.58. The molecule has 0 saturated heterocycles. The molecule has 0 aromatic heterocycles. The van der Waals surface area contributed by atoms with E-state index in [1.807, 2.05) is 55.5 Å². The van der Waals surface area contributed by atoms with Gasteiger partial charge in [0.05, 0.1) is 0 Å². The Morgan fingerprint density at radius 3 is 2.38 bits per heavy atom. The van der Waals surface area contributed by atoms with Crippen molar-refractivity contribution in [2.45, 2.75) is 26.7 Å². The van der Waals surface area contributed by atoms with E-state index in [2.05, 4.69) is 24.5 Å². The van der Waals surface area contributed by atoms with Crippen LogP contribution in [0.15, 0.2) is 60.3 Å². The van der Waals surface area contributed by atoms with Gasteiger partial charge < -0.3 is 10.6 Å². The molecule has 0 radical (unpaired) electrons. The smallest absolute Gasteiger partial charge is 0.267 e. The summed E-state index contributed by atoms with van der Waals surface area (Å²) in [6.45, 7) is 6.16. The minimum atomic E-state index is -0.432. The predicted molar refractivity (Wildman–Crippen MR) is 97.7 cm³/mol. The van der Waals surface area contributed by atoms with Crippen LogP contribution in [0.3, 0.4) is 0 Å². The highest BCUT2D eigenvalue weighted by atomic mass is 16.1. The van der Waals surface area contributed by atoms with E-state index in [0.717, 1.165) is 11.3 Å². The summed E-state index contributed by atoms with van der Waals surface area (Å²) in [4.78, 5) is 12.2. The van der Waals surface area contributed by atoms with Gasteiger partial charge >= 0.3 is 0 Å². The van der Waals surface area contributed by atoms with Gasteiger partial charge in [0.1, 0.15) is 11.6 Å². The molecule has 0 fully saturated rings. The summed E-state index contributed by atoms with van der Waals surface area (Å²) in [5, 5.41) is 15.0. The van der Waals surface area contributed by atoms with Crippen LogP contribution >= 0.6 is 0 Å². The monoisotopic (exact) mass is 319 g/mol. The van der Waals surface area contributed by atoms with Crippen LogP contribution < -0.4 is 10.6 Å². The van der Waals surface area contributed by atoms with Gasteiger partial charge in [-0.15, -0.1) is 0 Å². The SMILES string of the molecule is Cc1ccccc1NC(=O)/C(C#N)=C\Nc1ccc(C(C)C)cc1. The van der Waals surface area contributed by atoms with Crippen LogP contribution in [0, 0.1) is 18.3 Å².